The van der Waals surface area contributed by atoms with Crippen molar-refractivity contribution in [2.24, 2.45) is 0 Å². The minimum atomic E-state index is -0.207. The summed E-state index contributed by atoms with van der Waals surface area (Å²) in [6.07, 6.45) is 3.80. The zero-order valence-corrected chi connectivity index (χ0v) is 18.3. The Morgan fingerprint density at radius 1 is 0.818 bits per heavy atom. The van der Waals surface area contributed by atoms with Crippen molar-refractivity contribution in [1.82, 2.24) is 19.4 Å². The molecule has 0 spiro atoms. The van der Waals surface area contributed by atoms with Gasteiger partial charge in [-0.2, -0.15) is 0 Å². The summed E-state index contributed by atoms with van der Waals surface area (Å²) in [5.41, 5.74) is 6.37. The molecule has 162 valence electrons. The summed E-state index contributed by atoms with van der Waals surface area (Å²) in [7, 11) is 0. The molecule has 5 rings (SSSR count). The van der Waals surface area contributed by atoms with Crippen molar-refractivity contribution in [3.8, 4) is 11.3 Å². The van der Waals surface area contributed by atoms with Crippen LogP contribution < -0.4 is 10.6 Å². The van der Waals surface area contributed by atoms with Crippen LogP contribution in [0.15, 0.2) is 85.2 Å². The SMILES string of the molecule is Cc1cc(C)nc(Nc2cccc(NC(=O)c3ccn4cc(-c5ccccc5)nc4c3)c2)n1. The first-order chi connectivity index (χ1) is 16.0. The lowest BCUT2D eigenvalue weighted by molar-refractivity contribution is 0.102. The maximum absolute atomic E-state index is 12.9. The molecule has 0 aliphatic heterocycles. The van der Waals surface area contributed by atoms with E-state index in [4.69, 9.17) is 0 Å². The Hall–Kier alpha value is -4.52. The zero-order chi connectivity index (χ0) is 22.8. The van der Waals surface area contributed by atoms with Gasteiger partial charge in [0.2, 0.25) is 5.95 Å². The van der Waals surface area contributed by atoms with Gasteiger partial charge >= 0.3 is 0 Å². The average Bonchev–Trinajstić information content (AvgIpc) is 3.23. The Labute approximate surface area is 191 Å². The lowest BCUT2D eigenvalue weighted by Crippen LogP contribution is -2.12. The van der Waals surface area contributed by atoms with E-state index in [0.29, 0.717) is 22.8 Å². The van der Waals surface area contributed by atoms with Gasteiger partial charge in [0.05, 0.1) is 5.69 Å². The molecule has 1 amide bonds. The van der Waals surface area contributed by atoms with Crippen LogP contribution >= 0.6 is 0 Å². The number of hydrogen-bond acceptors (Lipinski definition) is 5. The van der Waals surface area contributed by atoms with Crippen molar-refractivity contribution >= 4 is 28.9 Å². The molecule has 0 saturated heterocycles. The third-order valence-corrected chi connectivity index (χ3v) is 5.15. The van der Waals surface area contributed by atoms with Gasteiger partial charge in [-0.1, -0.05) is 36.4 Å². The Morgan fingerprint density at radius 3 is 2.36 bits per heavy atom. The van der Waals surface area contributed by atoms with E-state index in [1.54, 1.807) is 12.1 Å². The largest absolute Gasteiger partial charge is 0.324 e. The molecule has 0 saturated carbocycles. The van der Waals surface area contributed by atoms with Gasteiger partial charge in [-0.3, -0.25) is 4.79 Å². The number of nitrogens with zero attached hydrogens (tertiary/aromatic N) is 4. The number of carbonyl (C=O) groups is 1. The molecule has 7 heteroatoms. The number of imidazole rings is 1. The lowest BCUT2D eigenvalue weighted by Gasteiger charge is -2.10. The number of amides is 1. The Bertz CT molecular complexity index is 1440. The van der Waals surface area contributed by atoms with Crippen LogP contribution in [-0.4, -0.2) is 25.3 Å². The third kappa shape index (κ3) is 4.57. The number of pyridine rings is 1. The molecule has 33 heavy (non-hydrogen) atoms. The van der Waals surface area contributed by atoms with Crippen LogP contribution in [0.3, 0.4) is 0 Å². The molecular formula is C26H22N6O. The first-order valence-electron chi connectivity index (χ1n) is 10.6. The highest BCUT2D eigenvalue weighted by Gasteiger charge is 2.10. The number of nitrogens with one attached hydrogen (secondary N) is 2. The number of carbonyl (C=O) groups excluding carboxylic acids is 1. The van der Waals surface area contributed by atoms with E-state index in [9.17, 15) is 4.79 Å². The van der Waals surface area contributed by atoms with Gasteiger partial charge in [0, 0.05) is 46.3 Å². The molecule has 3 heterocycles. The van der Waals surface area contributed by atoms with Gasteiger partial charge in [0.1, 0.15) is 5.65 Å². The van der Waals surface area contributed by atoms with E-state index < -0.39 is 0 Å². The molecule has 2 N–H and O–H groups in total. The summed E-state index contributed by atoms with van der Waals surface area (Å²) < 4.78 is 1.91. The Balaban J connectivity index is 1.34. The predicted octanol–water partition coefficient (Wildman–Crippen LogP) is 5.40. The molecule has 0 aliphatic rings. The van der Waals surface area contributed by atoms with Crippen LogP contribution in [-0.2, 0) is 0 Å². The van der Waals surface area contributed by atoms with E-state index in [1.165, 1.54) is 0 Å². The van der Waals surface area contributed by atoms with Gasteiger partial charge in [0.15, 0.2) is 0 Å². The smallest absolute Gasteiger partial charge is 0.255 e. The first kappa shape index (κ1) is 20.4. The number of benzene rings is 2. The second kappa shape index (κ2) is 8.55. The molecule has 0 aliphatic carbocycles. The molecule has 5 aromatic rings. The summed E-state index contributed by atoms with van der Waals surface area (Å²) in [6, 6.07) is 22.9. The Morgan fingerprint density at radius 2 is 1.58 bits per heavy atom. The number of fused-ring (bicyclic) bond motifs is 1. The standard InChI is InChI=1S/C26H22N6O/c1-17-13-18(2)28-26(27-17)30-22-10-6-9-21(15-22)29-25(33)20-11-12-32-16-23(31-24(32)14-20)19-7-4-3-5-8-19/h3-16H,1-2H3,(H,29,33)(H,27,28,30). The monoisotopic (exact) mass is 434 g/mol. The summed E-state index contributed by atoms with van der Waals surface area (Å²) >= 11 is 0. The van der Waals surface area contributed by atoms with Crippen molar-refractivity contribution in [1.29, 1.82) is 0 Å². The van der Waals surface area contributed by atoms with Crippen molar-refractivity contribution in [2.45, 2.75) is 13.8 Å². The van der Waals surface area contributed by atoms with Crippen molar-refractivity contribution in [2.75, 3.05) is 10.6 Å². The fraction of sp³-hybridized carbons (Fsp3) is 0.0769. The van der Waals surface area contributed by atoms with Crippen molar-refractivity contribution in [3.63, 3.8) is 0 Å². The summed E-state index contributed by atoms with van der Waals surface area (Å²) in [6.45, 7) is 3.85. The fourth-order valence-corrected chi connectivity index (χ4v) is 3.66. The van der Waals surface area contributed by atoms with E-state index in [-0.39, 0.29) is 5.91 Å². The zero-order valence-electron chi connectivity index (χ0n) is 18.3. The Kier molecular flexibility index (Phi) is 5.28. The number of aryl methyl sites for hydroxylation is 2. The number of hydrogen-bond donors (Lipinski definition) is 2. The van der Waals surface area contributed by atoms with E-state index >= 15 is 0 Å². The maximum atomic E-state index is 12.9. The van der Waals surface area contributed by atoms with Crippen LogP contribution in [0.5, 0.6) is 0 Å². The average molecular weight is 435 g/mol. The van der Waals surface area contributed by atoms with Crippen LogP contribution in [0.4, 0.5) is 17.3 Å². The molecule has 3 aromatic heterocycles. The van der Waals surface area contributed by atoms with Crippen LogP contribution in [0.1, 0.15) is 21.7 Å². The lowest BCUT2D eigenvalue weighted by atomic mass is 10.2. The molecule has 0 atom stereocenters. The van der Waals surface area contributed by atoms with Crippen molar-refractivity contribution in [3.05, 3.63) is 102 Å². The first-order valence-corrected chi connectivity index (χ1v) is 10.6. The highest BCUT2D eigenvalue weighted by atomic mass is 16.1. The van der Waals surface area contributed by atoms with Gasteiger partial charge in [-0.15, -0.1) is 0 Å². The van der Waals surface area contributed by atoms with Gasteiger partial charge in [-0.05, 0) is 50.2 Å². The molecule has 0 bridgehead atoms. The minimum absolute atomic E-state index is 0.207. The summed E-state index contributed by atoms with van der Waals surface area (Å²) in [5.74, 6) is 0.316. The van der Waals surface area contributed by atoms with Crippen LogP contribution in [0.25, 0.3) is 16.9 Å². The summed E-state index contributed by atoms with van der Waals surface area (Å²) in [5, 5.41) is 6.15. The molecule has 2 aromatic carbocycles. The maximum Gasteiger partial charge on any atom is 0.255 e. The predicted molar refractivity (Wildman–Crippen MR) is 130 cm³/mol. The molecular weight excluding hydrogens is 412 g/mol. The topological polar surface area (TPSA) is 84.2 Å². The van der Waals surface area contributed by atoms with E-state index in [2.05, 4.69) is 25.6 Å². The van der Waals surface area contributed by atoms with Gasteiger partial charge in [-0.25, -0.2) is 15.0 Å². The molecule has 0 radical (unpaired) electrons. The molecule has 0 fully saturated rings. The number of aromatic nitrogens is 4. The van der Waals surface area contributed by atoms with Crippen LogP contribution in [0, 0.1) is 13.8 Å². The quantitative estimate of drug-likeness (QED) is 0.387. The highest BCUT2D eigenvalue weighted by Crippen LogP contribution is 2.21. The fourth-order valence-electron chi connectivity index (χ4n) is 3.66. The van der Waals surface area contributed by atoms with Gasteiger partial charge < -0.3 is 15.0 Å². The van der Waals surface area contributed by atoms with Gasteiger partial charge in [0.25, 0.3) is 5.91 Å². The number of anilines is 3. The number of rotatable bonds is 5. The minimum Gasteiger partial charge on any atom is -0.324 e. The summed E-state index contributed by atoms with van der Waals surface area (Å²) in [4.78, 5) is 26.4. The van der Waals surface area contributed by atoms with Crippen LogP contribution in [0.2, 0.25) is 0 Å². The second-order valence-electron chi connectivity index (χ2n) is 7.81. The second-order valence-corrected chi connectivity index (χ2v) is 7.81. The third-order valence-electron chi connectivity index (χ3n) is 5.15. The molecule has 7 nitrogen and oxygen atoms in total. The normalized spacial score (nSPS) is 10.8. The van der Waals surface area contributed by atoms with E-state index in [0.717, 1.165) is 28.3 Å². The van der Waals surface area contributed by atoms with E-state index in [1.807, 2.05) is 91.3 Å². The van der Waals surface area contributed by atoms with Crippen molar-refractivity contribution < 1.29 is 4.79 Å². The highest BCUT2D eigenvalue weighted by molar-refractivity contribution is 6.05. The molecule has 0 unspecified atom stereocenters.